The predicted octanol–water partition coefficient (Wildman–Crippen LogP) is 3.95. The van der Waals surface area contributed by atoms with Gasteiger partial charge < -0.3 is 14.7 Å². The van der Waals surface area contributed by atoms with E-state index in [0.29, 0.717) is 5.92 Å². The molecule has 3 heterocycles. The minimum absolute atomic E-state index is 0. The summed E-state index contributed by atoms with van der Waals surface area (Å²) >= 11 is 0. The summed E-state index contributed by atoms with van der Waals surface area (Å²) < 4.78 is 5.68. The zero-order chi connectivity index (χ0) is 15.4. The Kier molecular flexibility index (Phi) is 6.92. The first-order valence-electron chi connectivity index (χ1n) is 8.56. The average molecular weight is 429 g/mol. The van der Waals surface area contributed by atoms with Gasteiger partial charge in [0.2, 0.25) is 0 Å². The quantitative estimate of drug-likeness (QED) is 0.549. The van der Waals surface area contributed by atoms with Gasteiger partial charge in [0.1, 0.15) is 5.75 Å². The zero-order valence-electron chi connectivity index (χ0n) is 13.9. The third-order valence-corrected chi connectivity index (χ3v) is 4.98. The van der Waals surface area contributed by atoms with Crippen LogP contribution in [0, 0.1) is 5.92 Å². The second kappa shape index (κ2) is 8.49. The maximum Gasteiger partial charge on any atom is 0.119 e. The van der Waals surface area contributed by atoms with Crippen LogP contribution in [0.1, 0.15) is 38.2 Å². The van der Waals surface area contributed by atoms with Gasteiger partial charge >= 0.3 is 0 Å². The minimum atomic E-state index is -0.646. The van der Waals surface area contributed by atoms with Crippen molar-refractivity contribution in [1.29, 1.82) is 0 Å². The molecule has 23 heavy (non-hydrogen) atoms. The Morgan fingerprint density at radius 2 is 1.96 bits per heavy atom. The highest BCUT2D eigenvalue weighted by atomic mass is 127. The van der Waals surface area contributed by atoms with E-state index in [9.17, 15) is 5.11 Å². The third kappa shape index (κ3) is 4.70. The molecule has 0 aromatic heterocycles. The second-order valence-electron chi connectivity index (χ2n) is 6.65. The van der Waals surface area contributed by atoms with Crippen LogP contribution in [-0.2, 0) is 0 Å². The molecular formula is C19H28INO2. The summed E-state index contributed by atoms with van der Waals surface area (Å²) in [6.45, 7) is 6.01. The van der Waals surface area contributed by atoms with Crippen LogP contribution >= 0.6 is 24.0 Å². The molecule has 3 nitrogen and oxygen atoms in total. The molecule has 0 spiro atoms. The summed E-state index contributed by atoms with van der Waals surface area (Å²) in [5, 5.41) is 10.9. The second-order valence-corrected chi connectivity index (χ2v) is 6.65. The maximum absolute atomic E-state index is 10.9. The van der Waals surface area contributed by atoms with Crippen molar-refractivity contribution in [1.82, 2.24) is 4.90 Å². The first kappa shape index (κ1) is 18.7. The number of fused-ring (bicyclic) bond motifs is 3. The van der Waals surface area contributed by atoms with Crippen LogP contribution in [0.3, 0.4) is 0 Å². The summed E-state index contributed by atoms with van der Waals surface area (Å²) in [4.78, 5) is 2.37. The van der Waals surface area contributed by atoms with Gasteiger partial charge in [-0.15, -0.1) is 24.0 Å². The van der Waals surface area contributed by atoms with E-state index >= 15 is 0 Å². The molecule has 0 amide bonds. The van der Waals surface area contributed by atoms with Crippen molar-refractivity contribution in [2.24, 2.45) is 5.92 Å². The topological polar surface area (TPSA) is 32.7 Å². The van der Waals surface area contributed by atoms with E-state index in [-0.39, 0.29) is 24.0 Å². The molecule has 128 valence electrons. The molecule has 0 aliphatic carbocycles. The van der Waals surface area contributed by atoms with E-state index in [1.54, 1.807) is 0 Å². The highest BCUT2D eigenvalue weighted by molar-refractivity contribution is 14.0. The molecule has 3 fully saturated rings. The van der Waals surface area contributed by atoms with Crippen LogP contribution in [0.15, 0.2) is 30.3 Å². The Balaban J connectivity index is 0.00000192. The van der Waals surface area contributed by atoms with Crippen LogP contribution in [0.25, 0.3) is 6.08 Å². The maximum atomic E-state index is 10.9. The highest BCUT2D eigenvalue weighted by Crippen LogP contribution is 2.36. The van der Waals surface area contributed by atoms with Crippen LogP contribution in [0.2, 0.25) is 0 Å². The van der Waals surface area contributed by atoms with Gasteiger partial charge in [-0.1, -0.05) is 37.6 Å². The van der Waals surface area contributed by atoms with Crippen molar-refractivity contribution in [2.75, 3.05) is 26.2 Å². The van der Waals surface area contributed by atoms with Crippen molar-refractivity contribution >= 4 is 30.1 Å². The minimum Gasteiger partial charge on any atom is -0.494 e. The molecular weight excluding hydrogens is 401 g/mol. The standard InChI is InChI=1S/C19H27NO2.HI/c1-2-3-14-22-18-6-4-16(5-7-18)8-11-19(21)15-20-12-9-17(19)10-13-20;/h4-8,11,17,21H,2-3,9-10,12-15H2,1H3;1H. The number of halogens is 1. The van der Waals surface area contributed by atoms with Gasteiger partial charge in [0, 0.05) is 6.54 Å². The van der Waals surface area contributed by atoms with Crippen LogP contribution in [-0.4, -0.2) is 41.8 Å². The number of piperidine rings is 3. The third-order valence-electron chi connectivity index (χ3n) is 4.98. The lowest BCUT2D eigenvalue weighted by Crippen LogP contribution is -2.58. The molecule has 1 N–H and O–H groups in total. The number of hydrogen-bond acceptors (Lipinski definition) is 3. The van der Waals surface area contributed by atoms with Gasteiger partial charge in [0.25, 0.3) is 0 Å². The largest absolute Gasteiger partial charge is 0.494 e. The number of rotatable bonds is 6. The number of aliphatic hydroxyl groups is 1. The molecule has 1 aromatic rings. The molecule has 1 unspecified atom stereocenters. The smallest absolute Gasteiger partial charge is 0.119 e. The molecule has 3 aliphatic heterocycles. The average Bonchev–Trinajstić information content (AvgIpc) is 2.55. The summed E-state index contributed by atoms with van der Waals surface area (Å²) in [6.07, 6.45) is 8.54. The Morgan fingerprint density at radius 3 is 2.52 bits per heavy atom. The first-order valence-corrected chi connectivity index (χ1v) is 8.56. The summed E-state index contributed by atoms with van der Waals surface area (Å²) in [5.74, 6) is 1.34. The van der Waals surface area contributed by atoms with Crippen molar-refractivity contribution in [3.63, 3.8) is 0 Å². The van der Waals surface area contributed by atoms with E-state index in [2.05, 4.69) is 30.0 Å². The van der Waals surface area contributed by atoms with Crippen LogP contribution in [0.5, 0.6) is 5.75 Å². The van der Waals surface area contributed by atoms with Crippen LogP contribution < -0.4 is 4.74 Å². The Labute approximate surface area is 156 Å². The number of nitrogens with zero attached hydrogens (tertiary/aromatic N) is 1. The fraction of sp³-hybridized carbons (Fsp3) is 0.579. The van der Waals surface area contributed by atoms with Crippen molar-refractivity contribution in [3.8, 4) is 5.75 Å². The highest BCUT2D eigenvalue weighted by Gasteiger charge is 2.43. The molecule has 4 heteroatoms. The van der Waals surface area contributed by atoms with Gasteiger partial charge in [-0.25, -0.2) is 0 Å². The number of hydrogen-bond donors (Lipinski definition) is 1. The lowest BCUT2D eigenvalue weighted by atomic mass is 9.75. The van der Waals surface area contributed by atoms with Crippen molar-refractivity contribution in [2.45, 2.75) is 38.2 Å². The Morgan fingerprint density at radius 1 is 1.26 bits per heavy atom. The van der Waals surface area contributed by atoms with E-state index in [4.69, 9.17) is 4.74 Å². The van der Waals surface area contributed by atoms with Gasteiger partial charge in [0.15, 0.2) is 0 Å². The Hall–Kier alpha value is -0.590. The van der Waals surface area contributed by atoms with Gasteiger partial charge in [-0.3, -0.25) is 0 Å². The SMILES string of the molecule is CCCCOc1ccc(C=CC2(O)CN3CCC2CC3)cc1.I. The van der Waals surface area contributed by atoms with E-state index in [1.807, 2.05) is 18.2 Å². The molecule has 2 bridgehead atoms. The molecule has 3 saturated heterocycles. The summed E-state index contributed by atoms with van der Waals surface area (Å²) in [7, 11) is 0. The van der Waals surface area contributed by atoms with Crippen molar-refractivity contribution in [3.05, 3.63) is 35.9 Å². The van der Waals surface area contributed by atoms with E-state index in [0.717, 1.165) is 63.2 Å². The number of benzene rings is 1. The molecule has 0 saturated carbocycles. The normalized spacial score (nSPS) is 29.5. The lowest BCUT2D eigenvalue weighted by Gasteiger charge is -2.49. The fourth-order valence-corrected chi connectivity index (χ4v) is 3.52. The van der Waals surface area contributed by atoms with E-state index in [1.165, 1.54) is 0 Å². The van der Waals surface area contributed by atoms with Gasteiger partial charge in [0.05, 0.1) is 12.2 Å². The van der Waals surface area contributed by atoms with Crippen LogP contribution in [0.4, 0.5) is 0 Å². The number of unbranched alkanes of at least 4 members (excludes halogenated alkanes) is 1. The molecule has 0 radical (unpaired) electrons. The molecule has 3 aliphatic rings. The lowest BCUT2D eigenvalue weighted by molar-refractivity contribution is -0.0775. The van der Waals surface area contributed by atoms with Crippen molar-refractivity contribution < 1.29 is 9.84 Å². The van der Waals surface area contributed by atoms with Gasteiger partial charge in [-0.05, 0) is 56.0 Å². The fourth-order valence-electron chi connectivity index (χ4n) is 3.52. The molecule has 1 atom stereocenters. The summed E-state index contributed by atoms with van der Waals surface area (Å²) in [5.41, 5.74) is 0.472. The first-order chi connectivity index (χ1) is 10.7. The molecule has 1 aromatic carbocycles. The van der Waals surface area contributed by atoms with Gasteiger partial charge in [-0.2, -0.15) is 0 Å². The summed E-state index contributed by atoms with van der Waals surface area (Å²) in [6, 6.07) is 8.14. The Bertz CT molecular complexity index is 509. The number of ether oxygens (including phenoxy) is 1. The zero-order valence-corrected chi connectivity index (χ0v) is 16.2. The predicted molar refractivity (Wildman–Crippen MR) is 105 cm³/mol. The van der Waals surface area contributed by atoms with E-state index < -0.39 is 5.60 Å². The molecule has 4 rings (SSSR count). The monoisotopic (exact) mass is 429 g/mol.